The van der Waals surface area contributed by atoms with E-state index in [-0.39, 0.29) is 42.2 Å². The minimum absolute atomic E-state index is 0. The molecule has 0 aliphatic rings. The summed E-state index contributed by atoms with van der Waals surface area (Å²) in [7, 11) is 1.66. The summed E-state index contributed by atoms with van der Waals surface area (Å²) < 4.78 is 18.3. The van der Waals surface area contributed by atoms with Crippen LogP contribution >= 0.6 is 24.0 Å². The third-order valence-corrected chi connectivity index (χ3v) is 4.03. The van der Waals surface area contributed by atoms with Gasteiger partial charge >= 0.3 is 0 Å². The number of hydrogen-bond acceptors (Lipinski definition) is 3. The van der Waals surface area contributed by atoms with E-state index in [0.717, 1.165) is 23.3 Å². The fraction of sp³-hybridized carbons (Fsp3) is 0.333. The van der Waals surface area contributed by atoms with Gasteiger partial charge in [-0.2, -0.15) is 0 Å². The second-order valence-electron chi connectivity index (χ2n) is 6.23. The van der Waals surface area contributed by atoms with E-state index in [1.807, 2.05) is 26.0 Å². The van der Waals surface area contributed by atoms with Crippen molar-refractivity contribution < 1.29 is 13.9 Å². The Balaban J connectivity index is 0.00000420. The number of aryl methyl sites for hydroxylation is 1. The minimum atomic E-state index is -0.346. The maximum atomic E-state index is 12.9. The summed E-state index contributed by atoms with van der Waals surface area (Å²) in [5, 5.41) is 9.01. The molecule has 0 spiro atoms. The summed E-state index contributed by atoms with van der Waals surface area (Å²) in [6.07, 6.45) is 0.794. The molecule has 0 aliphatic heterocycles. The second-order valence-corrected chi connectivity index (χ2v) is 6.23. The first-order valence-electron chi connectivity index (χ1n) is 9.23. The molecule has 0 saturated heterocycles. The lowest BCUT2D eigenvalue weighted by Gasteiger charge is -2.12. The highest BCUT2D eigenvalue weighted by Crippen LogP contribution is 2.19. The highest BCUT2D eigenvalue weighted by Gasteiger charge is 2.05. The highest BCUT2D eigenvalue weighted by atomic mass is 127. The summed E-state index contributed by atoms with van der Waals surface area (Å²) in [4.78, 5) is 16.3. The number of nitrogens with one attached hydrogen (secondary N) is 3. The number of carbonyl (C=O) groups is 1. The van der Waals surface area contributed by atoms with Crippen molar-refractivity contribution in [1.29, 1.82) is 0 Å². The van der Waals surface area contributed by atoms with Gasteiger partial charge in [0.05, 0.1) is 7.11 Å². The van der Waals surface area contributed by atoms with E-state index in [1.54, 1.807) is 7.11 Å². The fourth-order valence-corrected chi connectivity index (χ4v) is 2.57. The van der Waals surface area contributed by atoms with E-state index >= 15 is 0 Å². The van der Waals surface area contributed by atoms with Crippen molar-refractivity contribution in [2.45, 2.75) is 20.3 Å². The number of halogens is 2. The number of guanidine groups is 1. The van der Waals surface area contributed by atoms with Gasteiger partial charge < -0.3 is 20.7 Å². The standard InChI is InChI=1S/C21H27FN4O2.HI/c1-4-23-21(24-12-11-16-6-5-15(2)19(13-16)28-3)25-14-20(27)26-18-9-7-17(22)8-10-18;/h5-10,13H,4,11-12,14H2,1-3H3,(H,26,27)(H2,23,24,25);1H. The summed E-state index contributed by atoms with van der Waals surface area (Å²) >= 11 is 0. The van der Waals surface area contributed by atoms with Gasteiger partial charge in [0.25, 0.3) is 0 Å². The molecule has 0 radical (unpaired) electrons. The normalized spacial score (nSPS) is 10.7. The third-order valence-electron chi connectivity index (χ3n) is 4.03. The number of nitrogens with zero attached hydrogens (tertiary/aromatic N) is 1. The molecule has 158 valence electrons. The van der Waals surface area contributed by atoms with Gasteiger partial charge in [-0.15, -0.1) is 24.0 Å². The minimum Gasteiger partial charge on any atom is -0.496 e. The van der Waals surface area contributed by atoms with Crippen LogP contribution in [0.2, 0.25) is 0 Å². The Labute approximate surface area is 188 Å². The van der Waals surface area contributed by atoms with Gasteiger partial charge in [-0.3, -0.25) is 4.79 Å². The van der Waals surface area contributed by atoms with Crippen molar-refractivity contribution in [3.63, 3.8) is 0 Å². The highest BCUT2D eigenvalue weighted by molar-refractivity contribution is 14.0. The molecule has 2 rings (SSSR count). The van der Waals surface area contributed by atoms with Gasteiger partial charge in [0.1, 0.15) is 18.1 Å². The molecule has 29 heavy (non-hydrogen) atoms. The van der Waals surface area contributed by atoms with Crippen LogP contribution in [0.3, 0.4) is 0 Å². The number of carbonyl (C=O) groups excluding carboxylic acids is 1. The Kier molecular flexibility index (Phi) is 11.0. The van der Waals surface area contributed by atoms with E-state index in [0.29, 0.717) is 24.7 Å². The topological polar surface area (TPSA) is 74.8 Å². The summed E-state index contributed by atoms with van der Waals surface area (Å²) in [6.45, 7) is 5.28. The average molecular weight is 514 g/mol. The molecule has 0 fully saturated rings. The molecule has 2 aromatic rings. The van der Waals surface area contributed by atoms with Crippen LogP contribution in [0.4, 0.5) is 10.1 Å². The molecule has 0 aliphatic carbocycles. The largest absolute Gasteiger partial charge is 0.496 e. The zero-order chi connectivity index (χ0) is 20.4. The summed E-state index contributed by atoms with van der Waals surface area (Å²) in [5.41, 5.74) is 2.79. The SMILES string of the molecule is CCNC(=NCC(=O)Nc1ccc(F)cc1)NCCc1ccc(C)c(OC)c1.I. The van der Waals surface area contributed by atoms with Crippen LogP contribution in [0.15, 0.2) is 47.5 Å². The van der Waals surface area contributed by atoms with Crippen molar-refractivity contribution >= 4 is 41.5 Å². The lowest BCUT2D eigenvalue weighted by molar-refractivity contribution is -0.114. The molecular formula is C21H28FIN4O2. The van der Waals surface area contributed by atoms with E-state index in [1.165, 1.54) is 24.3 Å². The van der Waals surface area contributed by atoms with Crippen LogP contribution in [0.25, 0.3) is 0 Å². The number of methoxy groups -OCH3 is 1. The van der Waals surface area contributed by atoms with E-state index in [9.17, 15) is 9.18 Å². The predicted octanol–water partition coefficient (Wildman–Crippen LogP) is 3.50. The van der Waals surface area contributed by atoms with Gasteiger partial charge in [-0.05, 0) is 61.7 Å². The van der Waals surface area contributed by atoms with Crippen LogP contribution in [0, 0.1) is 12.7 Å². The first-order chi connectivity index (χ1) is 13.5. The first kappa shape index (κ1) is 24.7. The second kappa shape index (κ2) is 13.0. The lowest BCUT2D eigenvalue weighted by Crippen LogP contribution is -2.39. The Morgan fingerprint density at radius 2 is 1.86 bits per heavy atom. The monoisotopic (exact) mass is 514 g/mol. The van der Waals surface area contributed by atoms with Gasteiger partial charge in [0.15, 0.2) is 5.96 Å². The van der Waals surface area contributed by atoms with Crippen molar-refractivity contribution in [3.05, 3.63) is 59.4 Å². The Morgan fingerprint density at radius 1 is 1.14 bits per heavy atom. The summed E-state index contributed by atoms with van der Waals surface area (Å²) in [6, 6.07) is 11.7. The number of ether oxygens (including phenoxy) is 1. The molecule has 0 heterocycles. The van der Waals surface area contributed by atoms with Gasteiger partial charge in [0, 0.05) is 18.8 Å². The zero-order valence-electron chi connectivity index (χ0n) is 16.9. The lowest BCUT2D eigenvalue weighted by atomic mass is 10.1. The van der Waals surface area contributed by atoms with Crippen LogP contribution < -0.4 is 20.7 Å². The predicted molar refractivity (Wildman–Crippen MR) is 126 cm³/mol. The number of amides is 1. The van der Waals surface area contributed by atoms with Crippen molar-refractivity contribution in [2.75, 3.05) is 32.1 Å². The van der Waals surface area contributed by atoms with Crippen LogP contribution in [-0.2, 0) is 11.2 Å². The molecule has 0 bridgehead atoms. The number of hydrogen-bond donors (Lipinski definition) is 3. The van der Waals surface area contributed by atoms with Crippen LogP contribution in [0.1, 0.15) is 18.1 Å². The number of anilines is 1. The number of benzene rings is 2. The molecule has 1 amide bonds. The van der Waals surface area contributed by atoms with Crippen molar-refractivity contribution in [2.24, 2.45) is 4.99 Å². The van der Waals surface area contributed by atoms with Crippen molar-refractivity contribution in [1.82, 2.24) is 10.6 Å². The van der Waals surface area contributed by atoms with E-state index in [2.05, 4.69) is 27.0 Å². The molecule has 6 nitrogen and oxygen atoms in total. The fourth-order valence-electron chi connectivity index (χ4n) is 2.57. The van der Waals surface area contributed by atoms with E-state index in [4.69, 9.17) is 4.74 Å². The smallest absolute Gasteiger partial charge is 0.246 e. The average Bonchev–Trinajstić information content (AvgIpc) is 2.69. The Morgan fingerprint density at radius 3 is 2.52 bits per heavy atom. The maximum Gasteiger partial charge on any atom is 0.246 e. The van der Waals surface area contributed by atoms with Crippen LogP contribution in [0.5, 0.6) is 5.75 Å². The molecule has 2 aromatic carbocycles. The summed E-state index contributed by atoms with van der Waals surface area (Å²) in [5.74, 6) is 0.819. The molecule has 3 N–H and O–H groups in total. The molecule has 0 aromatic heterocycles. The van der Waals surface area contributed by atoms with Crippen molar-refractivity contribution in [3.8, 4) is 5.75 Å². The molecule has 0 atom stereocenters. The quantitative estimate of drug-likeness (QED) is 0.287. The number of rotatable bonds is 8. The maximum absolute atomic E-state index is 12.9. The molecule has 8 heteroatoms. The molecule has 0 unspecified atom stereocenters. The van der Waals surface area contributed by atoms with Crippen LogP contribution in [-0.4, -0.2) is 38.6 Å². The zero-order valence-corrected chi connectivity index (χ0v) is 19.3. The Bertz CT molecular complexity index is 813. The van der Waals surface area contributed by atoms with Gasteiger partial charge in [-0.1, -0.05) is 12.1 Å². The molecule has 0 saturated carbocycles. The molecular weight excluding hydrogens is 486 g/mol. The van der Waals surface area contributed by atoms with E-state index < -0.39 is 0 Å². The third kappa shape index (κ3) is 8.68. The van der Waals surface area contributed by atoms with Gasteiger partial charge in [0.2, 0.25) is 5.91 Å². The Hall–Kier alpha value is -2.36. The number of aliphatic imine (C=N–C) groups is 1. The van der Waals surface area contributed by atoms with Gasteiger partial charge in [-0.25, -0.2) is 9.38 Å². The first-order valence-corrected chi connectivity index (χ1v) is 9.23.